The summed E-state index contributed by atoms with van der Waals surface area (Å²) in [6, 6.07) is 16.6. The molecule has 5 heteroatoms. The highest BCUT2D eigenvalue weighted by atomic mass is 32.2. The lowest BCUT2D eigenvalue weighted by Crippen LogP contribution is -2.09. The van der Waals surface area contributed by atoms with Crippen LogP contribution in [-0.4, -0.2) is 27.0 Å². The van der Waals surface area contributed by atoms with Gasteiger partial charge in [-0.1, -0.05) is 54.2 Å². The third-order valence-electron chi connectivity index (χ3n) is 3.27. The third kappa shape index (κ3) is 2.80. The molecule has 1 aromatic heterocycles. The number of carbonyl (C=O) groups excluding carboxylic acids is 2. The molecule has 4 nitrogen and oxygen atoms in total. The van der Waals surface area contributed by atoms with Crippen molar-refractivity contribution in [2.75, 3.05) is 5.75 Å². The van der Waals surface area contributed by atoms with E-state index in [9.17, 15) is 9.59 Å². The highest BCUT2D eigenvalue weighted by Gasteiger charge is 2.15. The Morgan fingerprint density at radius 3 is 2.45 bits per heavy atom. The molecule has 0 aliphatic heterocycles. The standard InChI is InChI=1S/C17H14N2O2S/c1-12(20)19-15-10-6-5-9-14(15)18-17(19)22-11-16(21)13-7-3-2-4-8-13/h2-10H,11H2,1H3. The van der Waals surface area contributed by atoms with Crippen molar-refractivity contribution >= 4 is 34.5 Å². The maximum atomic E-state index is 12.2. The Morgan fingerprint density at radius 1 is 1.05 bits per heavy atom. The minimum atomic E-state index is -0.108. The number of aromatic nitrogens is 2. The Labute approximate surface area is 132 Å². The smallest absolute Gasteiger partial charge is 0.230 e. The monoisotopic (exact) mass is 310 g/mol. The van der Waals surface area contributed by atoms with E-state index in [1.165, 1.54) is 18.7 Å². The van der Waals surface area contributed by atoms with Crippen molar-refractivity contribution < 1.29 is 9.59 Å². The first-order valence-electron chi connectivity index (χ1n) is 6.86. The number of carbonyl (C=O) groups is 2. The summed E-state index contributed by atoms with van der Waals surface area (Å²) in [5.74, 6) is 0.164. The number of nitrogens with zero attached hydrogens (tertiary/aromatic N) is 2. The first-order chi connectivity index (χ1) is 10.7. The second-order valence-corrected chi connectivity index (χ2v) is 5.76. The number of benzene rings is 2. The van der Waals surface area contributed by atoms with Gasteiger partial charge in [-0.15, -0.1) is 0 Å². The van der Waals surface area contributed by atoms with Gasteiger partial charge in [-0.25, -0.2) is 4.98 Å². The zero-order valence-corrected chi connectivity index (χ0v) is 12.8. The van der Waals surface area contributed by atoms with E-state index in [4.69, 9.17) is 0 Å². The van der Waals surface area contributed by atoms with Crippen LogP contribution < -0.4 is 0 Å². The molecule has 0 fully saturated rings. The summed E-state index contributed by atoms with van der Waals surface area (Å²) in [6.45, 7) is 1.50. The summed E-state index contributed by atoms with van der Waals surface area (Å²) in [4.78, 5) is 28.5. The van der Waals surface area contributed by atoms with E-state index in [0.29, 0.717) is 10.7 Å². The number of hydrogen-bond donors (Lipinski definition) is 0. The molecule has 0 atom stereocenters. The second kappa shape index (κ2) is 6.15. The largest absolute Gasteiger partial charge is 0.293 e. The van der Waals surface area contributed by atoms with Crippen LogP contribution in [0.4, 0.5) is 0 Å². The van der Waals surface area contributed by atoms with Gasteiger partial charge in [0.05, 0.1) is 16.8 Å². The number of hydrogen-bond acceptors (Lipinski definition) is 4. The molecule has 0 radical (unpaired) electrons. The number of thioether (sulfide) groups is 1. The minimum Gasteiger partial charge on any atom is -0.293 e. The normalized spacial score (nSPS) is 10.8. The lowest BCUT2D eigenvalue weighted by atomic mass is 10.2. The molecule has 0 spiro atoms. The molecule has 0 aliphatic carbocycles. The van der Waals surface area contributed by atoms with Crippen molar-refractivity contribution in [2.24, 2.45) is 0 Å². The molecule has 2 aromatic carbocycles. The molecule has 0 bridgehead atoms. The molecule has 0 unspecified atom stereocenters. The van der Waals surface area contributed by atoms with E-state index in [1.807, 2.05) is 42.5 Å². The first kappa shape index (κ1) is 14.5. The molecule has 22 heavy (non-hydrogen) atoms. The van der Waals surface area contributed by atoms with Gasteiger partial charge in [-0.2, -0.15) is 0 Å². The van der Waals surface area contributed by atoms with Crippen molar-refractivity contribution in [2.45, 2.75) is 12.1 Å². The molecule has 1 heterocycles. The van der Waals surface area contributed by atoms with Crippen molar-refractivity contribution in [1.82, 2.24) is 9.55 Å². The van der Waals surface area contributed by atoms with E-state index in [2.05, 4.69) is 4.98 Å². The van der Waals surface area contributed by atoms with Gasteiger partial charge in [0.2, 0.25) is 5.91 Å². The average Bonchev–Trinajstić information content (AvgIpc) is 2.92. The first-order valence-corrected chi connectivity index (χ1v) is 7.85. The van der Waals surface area contributed by atoms with Crippen molar-refractivity contribution in [3.63, 3.8) is 0 Å². The zero-order valence-electron chi connectivity index (χ0n) is 12.0. The predicted molar refractivity (Wildman–Crippen MR) is 87.5 cm³/mol. The lowest BCUT2D eigenvalue weighted by molar-refractivity contribution is 0.0930. The maximum absolute atomic E-state index is 12.2. The van der Waals surface area contributed by atoms with Gasteiger partial charge >= 0.3 is 0 Å². The number of ketones is 1. The van der Waals surface area contributed by atoms with E-state index in [-0.39, 0.29) is 17.4 Å². The molecule has 3 aromatic rings. The van der Waals surface area contributed by atoms with Gasteiger partial charge in [-0.3, -0.25) is 14.2 Å². The summed E-state index contributed by atoms with van der Waals surface area (Å²) < 4.78 is 1.55. The summed E-state index contributed by atoms with van der Waals surface area (Å²) >= 11 is 1.29. The van der Waals surface area contributed by atoms with Crippen LogP contribution in [0.25, 0.3) is 11.0 Å². The van der Waals surface area contributed by atoms with E-state index >= 15 is 0 Å². The Kier molecular flexibility index (Phi) is 4.06. The summed E-state index contributed by atoms with van der Waals surface area (Å²) in [7, 11) is 0. The van der Waals surface area contributed by atoms with Crippen molar-refractivity contribution in [3.05, 3.63) is 60.2 Å². The number of fused-ring (bicyclic) bond motifs is 1. The number of Topliss-reactive ketones (excluding diaryl/α,β-unsaturated/α-hetero) is 1. The molecule has 0 saturated carbocycles. The second-order valence-electron chi connectivity index (χ2n) is 4.82. The van der Waals surface area contributed by atoms with Crippen LogP contribution in [0.15, 0.2) is 59.8 Å². The lowest BCUT2D eigenvalue weighted by Gasteiger charge is -2.04. The van der Waals surface area contributed by atoms with Crippen molar-refractivity contribution in [1.29, 1.82) is 0 Å². The Balaban J connectivity index is 1.86. The fourth-order valence-electron chi connectivity index (χ4n) is 2.24. The third-order valence-corrected chi connectivity index (χ3v) is 4.21. The van der Waals surface area contributed by atoms with Crippen LogP contribution in [0.1, 0.15) is 22.1 Å². The van der Waals surface area contributed by atoms with Crippen LogP contribution in [0.2, 0.25) is 0 Å². The van der Waals surface area contributed by atoms with Gasteiger partial charge in [-0.05, 0) is 12.1 Å². The fourth-order valence-corrected chi connectivity index (χ4v) is 3.19. The number of para-hydroxylation sites is 2. The van der Waals surface area contributed by atoms with Crippen LogP contribution in [-0.2, 0) is 0 Å². The molecular weight excluding hydrogens is 296 g/mol. The Hall–Kier alpha value is -2.40. The van der Waals surface area contributed by atoms with Crippen LogP contribution >= 0.6 is 11.8 Å². The van der Waals surface area contributed by atoms with Crippen molar-refractivity contribution in [3.8, 4) is 0 Å². The maximum Gasteiger partial charge on any atom is 0.230 e. The van der Waals surface area contributed by atoms with Gasteiger partial charge in [0.15, 0.2) is 10.9 Å². The molecular formula is C17H14N2O2S. The van der Waals surface area contributed by atoms with Crippen LogP contribution in [0.5, 0.6) is 0 Å². The molecule has 0 saturated heterocycles. The minimum absolute atomic E-state index is 0.0211. The van der Waals surface area contributed by atoms with Crippen LogP contribution in [0.3, 0.4) is 0 Å². The molecule has 0 N–H and O–H groups in total. The molecule has 110 valence electrons. The number of rotatable bonds is 4. The average molecular weight is 310 g/mol. The topological polar surface area (TPSA) is 52.0 Å². The Bertz CT molecular complexity index is 840. The zero-order chi connectivity index (χ0) is 15.5. The highest BCUT2D eigenvalue weighted by molar-refractivity contribution is 7.99. The number of imidazole rings is 1. The molecule has 0 amide bonds. The summed E-state index contributed by atoms with van der Waals surface area (Å²) in [5.41, 5.74) is 2.19. The van der Waals surface area contributed by atoms with Gasteiger partial charge in [0, 0.05) is 12.5 Å². The molecule has 3 rings (SSSR count). The summed E-state index contributed by atoms with van der Waals surface area (Å²) in [6.07, 6.45) is 0. The Morgan fingerprint density at radius 2 is 1.73 bits per heavy atom. The quantitative estimate of drug-likeness (QED) is 0.545. The van der Waals surface area contributed by atoms with E-state index in [1.54, 1.807) is 16.7 Å². The summed E-state index contributed by atoms with van der Waals surface area (Å²) in [5, 5.41) is 0.554. The predicted octanol–water partition coefficient (Wildman–Crippen LogP) is 3.67. The van der Waals surface area contributed by atoms with Gasteiger partial charge < -0.3 is 0 Å². The van der Waals surface area contributed by atoms with E-state index in [0.717, 1.165) is 11.0 Å². The van der Waals surface area contributed by atoms with Gasteiger partial charge in [0.1, 0.15) is 0 Å². The van der Waals surface area contributed by atoms with Crippen LogP contribution in [0, 0.1) is 0 Å². The fraction of sp³-hybridized carbons (Fsp3) is 0.118. The molecule has 0 aliphatic rings. The highest BCUT2D eigenvalue weighted by Crippen LogP contribution is 2.24. The van der Waals surface area contributed by atoms with E-state index < -0.39 is 0 Å². The van der Waals surface area contributed by atoms with Gasteiger partial charge in [0.25, 0.3) is 0 Å². The SMILES string of the molecule is CC(=O)n1c(SCC(=O)c2ccccc2)nc2ccccc21.